The predicted octanol–water partition coefficient (Wildman–Crippen LogP) is 2.96. The molecule has 0 bridgehead atoms. The van der Waals surface area contributed by atoms with Crippen LogP contribution < -0.4 is 0 Å². The van der Waals surface area contributed by atoms with E-state index in [1.807, 2.05) is 6.92 Å². The molecule has 0 aliphatic rings. The molecule has 0 saturated heterocycles. The summed E-state index contributed by atoms with van der Waals surface area (Å²) in [5.74, 6) is 0.953. The Bertz CT molecular complexity index is 513. The number of thiol groups is 1. The summed E-state index contributed by atoms with van der Waals surface area (Å²) in [6.45, 7) is 4.08. The highest BCUT2D eigenvalue weighted by atomic mass is 32.1. The van der Waals surface area contributed by atoms with Gasteiger partial charge in [0.05, 0.1) is 5.52 Å². The van der Waals surface area contributed by atoms with E-state index in [0.29, 0.717) is 4.88 Å². The van der Waals surface area contributed by atoms with Crippen molar-refractivity contribution in [3.8, 4) is 0 Å². The molecule has 15 heavy (non-hydrogen) atoms. The minimum Gasteiger partial charge on any atom is -0.341 e. The number of rotatable bonds is 3. The molecule has 0 radical (unpaired) electrons. The van der Waals surface area contributed by atoms with Crippen LogP contribution >= 0.6 is 24.0 Å². The third-order valence-corrected chi connectivity index (χ3v) is 3.72. The van der Waals surface area contributed by atoms with Gasteiger partial charge < -0.3 is 4.98 Å². The molecule has 0 atom stereocenters. The number of thiophene rings is 1. The number of nitrogens with zero attached hydrogens (tertiary/aromatic N) is 1. The summed E-state index contributed by atoms with van der Waals surface area (Å²) < 4.78 is 0. The van der Waals surface area contributed by atoms with Crippen molar-refractivity contribution in [1.82, 2.24) is 9.97 Å². The van der Waals surface area contributed by atoms with Gasteiger partial charge in [0.2, 0.25) is 5.12 Å². The number of fused-ring (bicyclic) bond motifs is 1. The average Bonchev–Trinajstić information content (AvgIpc) is 2.68. The second-order valence-electron chi connectivity index (χ2n) is 3.45. The van der Waals surface area contributed by atoms with Crippen LogP contribution in [0.4, 0.5) is 0 Å². The van der Waals surface area contributed by atoms with Crippen molar-refractivity contribution in [2.45, 2.75) is 26.7 Å². The highest BCUT2D eigenvalue weighted by molar-refractivity contribution is 7.97. The molecule has 2 aromatic heterocycles. The molecule has 1 N–H and O–H groups in total. The SMILES string of the molecule is CCCc1nc2c(C)sc(C(=O)S)c2[nH]1. The average molecular weight is 240 g/mol. The Balaban J connectivity index is 2.59. The Kier molecular flexibility index (Phi) is 2.84. The lowest BCUT2D eigenvalue weighted by Gasteiger charge is -1.90. The zero-order valence-corrected chi connectivity index (χ0v) is 10.3. The Hall–Kier alpha value is -0.810. The van der Waals surface area contributed by atoms with E-state index in [4.69, 9.17) is 0 Å². The first kappa shape index (κ1) is 10.7. The van der Waals surface area contributed by atoms with Crippen LogP contribution in [0.5, 0.6) is 0 Å². The smallest absolute Gasteiger partial charge is 0.228 e. The van der Waals surface area contributed by atoms with Crippen molar-refractivity contribution < 1.29 is 4.79 Å². The van der Waals surface area contributed by atoms with E-state index in [9.17, 15) is 4.79 Å². The molecular formula is C10H12N2OS2. The van der Waals surface area contributed by atoms with E-state index < -0.39 is 0 Å². The Morgan fingerprint density at radius 3 is 2.93 bits per heavy atom. The lowest BCUT2D eigenvalue weighted by atomic mass is 10.3. The maximum atomic E-state index is 11.3. The van der Waals surface area contributed by atoms with E-state index in [-0.39, 0.29) is 5.12 Å². The van der Waals surface area contributed by atoms with Crippen molar-refractivity contribution in [3.63, 3.8) is 0 Å². The third kappa shape index (κ3) is 1.81. The van der Waals surface area contributed by atoms with Crippen molar-refractivity contribution in [2.24, 2.45) is 0 Å². The summed E-state index contributed by atoms with van der Waals surface area (Å²) in [5, 5.41) is -0.190. The van der Waals surface area contributed by atoms with Gasteiger partial charge in [0.15, 0.2) is 0 Å². The Morgan fingerprint density at radius 1 is 1.60 bits per heavy atom. The number of carbonyl (C=O) groups is 1. The van der Waals surface area contributed by atoms with Crippen LogP contribution in [0, 0.1) is 6.92 Å². The van der Waals surface area contributed by atoms with Gasteiger partial charge in [0, 0.05) is 11.3 Å². The fraction of sp³-hybridized carbons (Fsp3) is 0.400. The zero-order valence-electron chi connectivity index (χ0n) is 8.63. The summed E-state index contributed by atoms with van der Waals surface area (Å²) in [6.07, 6.45) is 1.96. The highest BCUT2D eigenvalue weighted by Crippen LogP contribution is 2.30. The van der Waals surface area contributed by atoms with Gasteiger partial charge >= 0.3 is 0 Å². The maximum absolute atomic E-state index is 11.3. The molecule has 0 aliphatic heterocycles. The number of aryl methyl sites for hydroxylation is 2. The van der Waals surface area contributed by atoms with E-state index in [1.165, 1.54) is 11.3 Å². The Labute approximate surface area is 97.3 Å². The fourth-order valence-corrected chi connectivity index (χ4v) is 2.74. The van der Waals surface area contributed by atoms with E-state index in [1.54, 1.807) is 0 Å². The van der Waals surface area contributed by atoms with Crippen LogP contribution in [0.25, 0.3) is 11.0 Å². The van der Waals surface area contributed by atoms with Crippen LogP contribution in [-0.2, 0) is 6.42 Å². The lowest BCUT2D eigenvalue weighted by Crippen LogP contribution is -1.87. The second kappa shape index (κ2) is 3.98. The van der Waals surface area contributed by atoms with Crippen molar-refractivity contribution in [2.75, 3.05) is 0 Å². The number of carbonyl (C=O) groups excluding carboxylic acids is 1. The molecule has 2 heterocycles. The second-order valence-corrected chi connectivity index (χ2v) is 5.08. The standard InChI is InChI=1S/C10H12N2OS2/c1-3-4-6-11-7-5(2)15-9(10(13)14)8(7)12-6/h3-4H2,1-2H3,(H,11,12)(H,13,14). The van der Waals surface area contributed by atoms with Gasteiger partial charge in [0.25, 0.3) is 0 Å². The van der Waals surface area contributed by atoms with Gasteiger partial charge in [-0.1, -0.05) is 19.6 Å². The molecule has 0 saturated carbocycles. The monoisotopic (exact) mass is 240 g/mol. The first-order valence-electron chi connectivity index (χ1n) is 4.84. The number of imidazole rings is 1. The summed E-state index contributed by atoms with van der Waals surface area (Å²) in [4.78, 5) is 20.7. The molecular weight excluding hydrogens is 228 g/mol. The van der Waals surface area contributed by atoms with Crippen molar-refractivity contribution in [1.29, 1.82) is 0 Å². The zero-order chi connectivity index (χ0) is 11.0. The lowest BCUT2D eigenvalue weighted by molar-refractivity contribution is 0.109. The minimum absolute atomic E-state index is 0.190. The van der Waals surface area contributed by atoms with Crippen LogP contribution in [0.3, 0.4) is 0 Å². The molecule has 0 aliphatic carbocycles. The van der Waals surface area contributed by atoms with Gasteiger partial charge in [-0.3, -0.25) is 4.79 Å². The number of H-pyrrole nitrogens is 1. The van der Waals surface area contributed by atoms with Crippen LogP contribution in [0.1, 0.15) is 33.7 Å². The fourth-order valence-electron chi connectivity index (χ4n) is 1.60. The largest absolute Gasteiger partial charge is 0.341 e. The number of aromatic amines is 1. The summed E-state index contributed by atoms with van der Waals surface area (Å²) in [5.41, 5.74) is 1.77. The summed E-state index contributed by atoms with van der Waals surface area (Å²) >= 11 is 5.31. The Morgan fingerprint density at radius 2 is 2.33 bits per heavy atom. The molecule has 5 heteroatoms. The summed E-state index contributed by atoms with van der Waals surface area (Å²) in [6, 6.07) is 0. The maximum Gasteiger partial charge on any atom is 0.228 e. The minimum atomic E-state index is -0.190. The van der Waals surface area contributed by atoms with E-state index in [2.05, 4.69) is 29.5 Å². The molecule has 3 nitrogen and oxygen atoms in total. The normalized spacial score (nSPS) is 11.1. The molecule has 80 valence electrons. The van der Waals surface area contributed by atoms with Gasteiger partial charge in [-0.2, -0.15) is 0 Å². The van der Waals surface area contributed by atoms with Gasteiger partial charge in [-0.15, -0.1) is 11.3 Å². The number of aromatic nitrogens is 2. The molecule has 0 unspecified atom stereocenters. The topological polar surface area (TPSA) is 45.8 Å². The summed E-state index contributed by atoms with van der Waals surface area (Å²) in [7, 11) is 0. The molecule has 0 spiro atoms. The number of nitrogens with one attached hydrogen (secondary N) is 1. The number of hydrogen-bond acceptors (Lipinski definition) is 3. The third-order valence-electron chi connectivity index (χ3n) is 2.25. The van der Waals surface area contributed by atoms with Crippen molar-refractivity contribution in [3.05, 3.63) is 15.6 Å². The van der Waals surface area contributed by atoms with E-state index in [0.717, 1.165) is 34.6 Å². The van der Waals surface area contributed by atoms with Crippen LogP contribution in [0.15, 0.2) is 0 Å². The molecule has 0 aromatic carbocycles. The van der Waals surface area contributed by atoms with Gasteiger partial charge in [-0.25, -0.2) is 4.98 Å². The quantitative estimate of drug-likeness (QED) is 0.810. The predicted molar refractivity (Wildman–Crippen MR) is 66.0 cm³/mol. The van der Waals surface area contributed by atoms with E-state index >= 15 is 0 Å². The number of hydrogen-bond donors (Lipinski definition) is 2. The van der Waals surface area contributed by atoms with Crippen molar-refractivity contribution >= 4 is 40.1 Å². The van der Waals surface area contributed by atoms with Gasteiger partial charge in [-0.05, 0) is 13.3 Å². The highest BCUT2D eigenvalue weighted by Gasteiger charge is 2.16. The van der Waals surface area contributed by atoms with Crippen LogP contribution in [0.2, 0.25) is 0 Å². The molecule has 0 amide bonds. The van der Waals surface area contributed by atoms with Gasteiger partial charge in [0.1, 0.15) is 16.2 Å². The molecule has 0 fully saturated rings. The first-order valence-corrected chi connectivity index (χ1v) is 6.11. The molecule has 2 rings (SSSR count). The van der Waals surface area contributed by atoms with Crippen LogP contribution in [-0.4, -0.2) is 15.1 Å². The molecule has 2 aromatic rings. The first-order chi connectivity index (χ1) is 7.13.